The number of aromatic nitrogens is 3. The topological polar surface area (TPSA) is 97.3 Å². The molecule has 0 aromatic carbocycles. The van der Waals surface area contributed by atoms with Crippen LogP contribution >= 0.6 is 0 Å². The van der Waals surface area contributed by atoms with Crippen molar-refractivity contribution in [2.24, 2.45) is 0 Å². The number of hydrogen-bond donors (Lipinski definition) is 1. The highest BCUT2D eigenvalue weighted by Crippen LogP contribution is 2.35. The fraction of sp³-hybridized carbons (Fsp3) is 0.522. The van der Waals surface area contributed by atoms with Gasteiger partial charge in [-0.1, -0.05) is 0 Å². The molecule has 0 spiro atoms. The maximum absolute atomic E-state index is 13.0. The number of nitrogens with zero attached hydrogens (tertiary/aromatic N) is 4. The molecule has 8 nitrogen and oxygen atoms in total. The van der Waals surface area contributed by atoms with E-state index in [2.05, 4.69) is 20.3 Å². The number of rotatable bonds is 4. The van der Waals surface area contributed by atoms with Crippen LogP contribution in [0.15, 0.2) is 30.7 Å². The van der Waals surface area contributed by atoms with Gasteiger partial charge in [-0.05, 0) is 65.7 Å². The van der Waals surface area contributed by atoms with Crippen LogP contribution in [0.25, 0.3) is 11.3 Å². The first-order chi connectivity index (χ1) is 15.7. The number of pyridine rings is 1. The van der Waals surface area contributed by atoms with Gasteiger partial charge in [0.2, 0.25) is 5.91 Å². The Bertz CT molecular complexity index is 1050. The minimum Gasteiger partial charge on any atom is -0.444 e. The average Bonchev–Trinajstić information content (AvgIpc) is 3.05. The molecular formula is C23H28F3N5O3. The summed E-state index contributed by atoms with van der Waals surface area (Å²) in [4.78, 5) is 38.9. The molecule has 0 unspecified atom stereocenters. The van der Waals surface area contributed by atoms with E-state index in [4.69, 9.17) is 4.74 Å². The second-order valence-corrected chi connectivity index (χ2v) is 9.76. The molecule has 1 aliphatic rings. The maximum atomic E-state index is 13.0. The smallest absolute Gasteiger partial charge is 0.433 e. The summed E-state index contributed by atoms with van der Waals surface area (Å²) in [5.41, 5.74) is -1.01. The first-order valence-corrected chi connectivity index (χ1v) is 10.8. The van der Waals surface area contributed by atoms with Crippen molar-refractivity contribution in [1.82, 2.24) is 25.2 Å². The highest BCUT2D eigenvalue weighted by Gasteiger charge is 2.47. The Labute approximate surface area is 195 Å². The number of carbonyl (C=O) groups is 2. The monoisotopic (exact) mass is 479 g/mol. The number of nitrogens with one attached hydrogen (secondary N) is 1. The number of halogens is 3. The lowest BCUT2D eigenvalue weighted by molar-refractivity contribution is -0.141. The molecule has 2 aromatic rings. The van der Waals surface area contributed by atoms with Crippen molar-refractivity contribution in [3.05, 3.63) is 42.1 Å². The highest BCUT2D eigenvalue weighted by molar-refractivity contribution is 5.86. The van der Waals surface area contributed by atoms with Crippen LogP contribution in [0.4, 0.5) is 18.0 Å². The van der Waals surface area contributed by atoms with Crippen molar-refractivity contribution < 1.29 is 27.5 Å². The molecule has 2 amide bonds. The van der Waals surface area contributed by atoms with E-state index in [0.29, 0.717) is 29.8 Å². The summed E-state index contributed by atoms with van der Waals surface area (Å²) < 4.78 is 43.7. The van der Waals surface area contributed by atoms with Crippen molar-refractivity contribution in [2.45, 2.75) is 77.4 Å². The zero-order valence-corrected chi connectivity index (χ0v) is 19.7. The fourth-order valence-electron chi connectivity index (χ4n) is 3.76. The van der Waals surface area contributed by atoms with Gasteiger partial charge in [-0.3, -0.25) is 14.7 Å². The van der Waals surface area contributed by atoms with E-state index in [1.54, 1.807) is 26.8 Å². The minimum atomic E-state index is -4.53. The van der Waals surface area contributed by atoms with E-state index in [9.17, 15) is 22.8 Å². The van der Waals surface area contributed by atoms with Crippen LogP contribution < -0.4 is 5.32 Å². The normalized spacial score (nSPS) is 18.0. The lowest BCUT2D eigenvalue weighted by Gasteiger charge is -2.36. The largest absolute Gasteiger partial charge is 0.444 e. The molecule has 0 bridgehead atoms. The molecule has 34 heavy (non-hydrogen) atoms. The van der Waals surface area contributed by atoms with Gasteiger partial charge in [-0.2, -0.15) is 13.2 Å². The van der Waals surface area contributed by atoms with Crippen molar-refractivity contribution >= 4 is 12.0 Å². The van der Waals surface area contributed by atoms with E-state index in [-0.39, 0.29) is 12.5 Å². The Hall–Kier alpha value is -3.24. The number of hydrogen-bond acceptors (Lipinski definition) is 6. The van der Waals surface area contributed by atoms with Gasteiger partial charge in [0.15, 0.2) is 0 Å². The molecule has 3 heterocycles. The number of alkyl halides is 3. The van der Waals surface area contributed by atoms with Crippen LogP contribution in [-0.4, -0.2) is 49.0 Å². The van der Waals surface area contributed by atoms with E-state index in [1.165, 1.54) is 17.3 Å². The molecule has 0 aliphatic carbocycles. The van der Waals surface area contributed by atoms with Crippen molar-refractivity contribution in [3.8, 4) is 11.3 Å². The second-order valence-electron chi connectivity index (χ2n) is 9.76. The SMILES string of the molecule is CC(C)(C)OC(=O)N1[C@H](C(=O)NCc2cc(-c3ccc(C(F)(F)F)nc3)ncn2)CCC1(C)C. The highest BCUT2D eigenvalue weighted by atomic mass is 19.4. The average molecular weight is 480 g/mol. The quantitative estimate of drug-likeness (QED) is 0.700. The third kappa shape index (κ3) is 6.00. The Morgan fingerprint density at radius 1 is 1.18 bits per heavy atom. The lowest BCUT2D eigenvalue weighted by Crippen LogP contribution is -2.53. The third-order valence-electron chi connectivity index (χ3n) is 5.40. The molecule has 1 N–H and O–H groups in total. The van der Waals surface area contributed by atoms with E-state index >= 15 is 0 Å². The van der Waals surface area contributed by atoms with Gasteiger partial charge in [-0.15, -0.1) is 0 Å². The first-order valence-electron chi connectivity index (χ1n) is 10.8. The zero-order valence-electron chi connectivity index (χ0n) is 19.7. The Morgan fingerprint density at radius 3 is 2.47 bits per heavy atom. The summed E-state index contributed by atoms with van der Waals surface area (Å²) in [5, 5.41) is 2.79. The summed E-state index contributed by atoms with van der Waals surface area (Å²) in [7, 11) is 0. The van der Waals surface area contributed by atoms with Gasteiger partial charge in [0.1, 0.15) is 23.7 Å². The van der Waals surface area contributed by atoms with Crippen molar-refractivity contribution in [2.75, 3.05) is 0 Å². The molecule has 1 saturated heterocycles. The summed E-state index contributed by atoms with van der Waals surface area (Å²) >= 11 is 0. The first kappa shape index (κ1) is 25.4. The molecule has 1 aliphatic heterocycles. The Morgan fingerprint density at radius 2 is 1.88 bits per heavy atom. The Balaban J connectivity index is 1.69. The van der Waals surface area contributed by atoms with Gasteiger partial charge in [0.25, 0.3) is 0 Å². The molecule has 2 aromatic heterocycles. The van der Waals surface area contributed by atoms with Crippen molar-refractivity contribution in [3.63, 3.8) is 0 Å². The molecule has 184 valence electrons. The van der Waals surface area contributed by atoms with Gasteiger partial charge >= 0.3 is 12.3 Å². The standard InChI is InChI=1S/C23H28F3N5O3/c1-21(2,3)34-20(33)31-17(8-9-22(31,4)5)19(32)28-12-15-10-16(30-13-29-15)14-6-7-18(27-11-14)23(24,25)26/h6-7,10-11,13,17H,8-9,12H2,1-5H3,(H,28,32)/t17-/m0/s1. The molecule has 0 radical (unpaired) electrons. The van der Waals surface area contributed by atoms with Gasteiger partial charge in [0, 0.05) is 17.3 Å². The van der Waals surface area contributed by atoms with Crippen molar-refractivity contribution in [1.29, 1.82) is 0 Å². The number of amides is 2. The molecule has 0 saturated carbocycles. The van der Waals surface area contributed by atoms with Gasteiger partial charge < -0.3 is 10.1 Å². The molecule has 1 atom stereocenters. The van der Waals surface area contributed by atoms with Gasteiger partial charge in [-0.25, -0.2) is 14.8 Å². The van der Waals surface area contributed by atoms with E-state index in [1.807, 2.05) is 13.8 Å². The van der Waals surface area contributed by atoms with Crippen LogP contribution in [0, 0.1) is 0 Å². The predicted molar refractivity (Wildman–Crippen MR) is 117 cm³/mol. The number of ether oxygens (including phenoxy) is 1. The molecule has 11 heteroatoms. The molecular weight excluding hydrogens is 451 g/mol. The van der Waals surface area contributed by atoms with Crippen LogP contribution in [0.1, 0.15) is 58.8 Å². The van der Waals surface area contributed by atoms with Crippen LogP contribution in [0.2, 0.25) is 0 Å². The van der Waals surface area contributed by atoms with Crippen LogP contribution in [0.3, 0.4) is 0 Å². The minimum absolute atomic E-state index is 0.0570. The molecule has 3 rings (SSSR count). The lowest BCUT2D eigenvalue weighted by atomic mass is 10.0. The summed E-state index contributed by atoms with van der Waals surface area (Å²) in [6.45, 7) is 9.13. The summed E-state index contributed by atoms with van der Waals surface area (Å²) in [6.07, 6.45) is -1.59. The predicted octanol–water partition coefficient (Wildman–Crippen LogP) is 4.35. The zero-order chi connectivity index (χ0) is 25.3. The maximum Gasteiger partial charge on any atom is 0.433 e. The second kappa shape index (κ2) is 9.19. The van der Waals surface area contributed by atoms with Crippen LogP contribution in [-0.2, 0) is 22.3 Å². The van der Waals surface area contributed by atoms with E-state index < -0.39 is 35.1 Å². The summed E-state index contributed by atoms with van der Waals surface area (Å²) in [6, 6.07) is 3.03. The molecule has 1 fully saturated rings. The van der Waals surface area contributed by atoms with Gasteiger partial charge in [0.05, 0.1) is 17.9 Å². The van der Waals surface area contributed by atoms with Crippen LogP contribution in [0.5, 0.6) is 0 Å². The fourth-order valence-corrected chi connectivity index (χ4v) is 3.76. The third-order valence-corrected chi connectivity index (χ3v) is 5.40. The summed E-state index contributed by atoms with van der Waals surface area (Å²) in [5.74, 6) is -0.340. The Kier molecular flexibility index (Phi) is 6.86. The van der Waals surface area contributed by atoms with E-state index in [0.717, 1.165) is 12.3 Å². The number of likely N-dealkylation sites (tertiary alicyclic amines) is 1. The number of carbonyl (C=O) groups excluding carboxylic acids is 2.